The average molecular weight is 394 g/mol. The van der Waals surface area contributed by atoms with Gasteiger partial charge in [-0.2, -0.15) is 0 Å². The van der Waals surface area contributed by atoms with Gasteiger partial charge in [-0.3, -0.25) is 9.69 Å². The van der Waals surface area contributed by atoms with E-state index in [1.54, 1.807) is 12.1 Å². The molecule has 1 aromatic heterocycles. The molecule has 0 radical (unpaired) electrons. The first-order valence-electron chi connectivity index (χ1n) is 10.4. The van der Waals surface area contributed by atoms with Crippen molar-refractivity contribution in [1.29, 1.82) is 0 Å². The maximum absolute atomic E-state index is 14.6. The van der Waals surface area contributed by atoms with E-state index in [0.717, 1.165) is 26.2 Å². The van der Waals surface area contributed by atoms with Crippen LogP contribution in [0.2, 0.25) is 0 Å². The van der Waals surface area contributed by atoms with Crippen molar-refractivity contribution in [3.05, 3.63) is 71.7 Å². The van der Waals surface area contributed by atoms with Crippen molar-refractivity contribution < 1.29 is 9.18 Å². The van der Waals surface area contributed by atoms with Crippen LogP contribution in [0.1, 0.15) is 37.8 Å². The van der Waals surface area contributed by atoms with Crippen LogP contribution < -0.4 is 5.32 Å². The number of hydrogen-bond donors (Lipinski definition) is 1. The lowest BCUT2D eigenvalue weighted by Gasteiger charge is -2.42. The molecule has 1 amide bonds. The topological polar surface area (TPSA) is 37.3 Å². The molecule has 29 heavy (non-hydrogen) atoms. The Morgan fingerprint density at radius 3 is 2.48 bits per heavy atom. The highest BCUT2D eigenvalue weighted by atomic mass is 19.1. The SMILES string of the molecule is CCn1cc(CN2CCC(NC(C)=O)(c3ccccc3F)CC2)c2ccccc21. The number of aromatic nitrogens is 1. The van der Waals surface area contributed by atoms with Crippen LogP contribution >= 0.6 is 0 Å². The van der Waals surface area contributed by atoms with E-state index in [2.05, 4.69) is 52.2 Å². The molecule has 3 aromatic rings. The van der Waals surface area contributed by atoms with E-state index in [4.69, 9.17) is 0 Å². The fourth-order valence-corrected chi connectivity index (χ4v) is 4.69. The van der Waals surface area contributed by atoms with Gasteiger partial charge in [0.15, 0.2) is 0 Å². The van der Waals surface area contributed by atoms with Gasteiger partial charge in [-0.25, -0.2) is 4.39 Å². The number of carbonyl (C=O) groups excluding carboxylic acids is 1. The summed E-state index contributed by atoms with van der Waals surface area (Å²) in [5.74, 6) is -0.367. The van der Waals surface area contributed by atoms with Gasteiger partial charge in [0.1, 0.15) is 5.82 Å². The van der Waals surface area contributed by atoms with Crippen LogP contribution in [0.25, 0.3) is 10.9 Å². The summed E-state index contributed by atoms with van der Waals surface area (Å²) in [5, 5.41) is 4.36. The number of para-hydroxylation sites is 1. The Balaban J connectivity index is 1.55. The van der Waals surface area contributed by atoms with Gasteiger partial charge >= 0.3 is 0 Å². The number of aryl methyl sites for hydroxylation is 1. The van der Waals surface area contributed by atoms with Crippen LogP contribution in [0.4, 0.5) is 4.39 Å². The van der Waals surface area contributed by atoms with Crippen LogP contribution in [0.15, 0.2) is 54.7 Å². The molecular weight excluding hydrogens is 365 g/mol. The number of nitrogens with zero attached hydrogens (tertiary/aromatic N) is 2. The molecule has 4 nitrogen and oxygen atoms in total. The van der Waals surface area contributed by atoms with Crippen LogP contribution in [0.3, 0.4) is 0 Å². The molecule has 2 heterocycles. The Morgan fingerprint density at radius 2 is 1.79 bits per heavy atom. The van der Waals surface area contributed by atoms with Crippen LogP contribution in [-0.4, -0.2) is 28.5 Å². The van der Waals surface area contributed by atoms with Gasteiger partial charge in [-0.15, -0.1) is 0 Å². The zero-order chi connectivity index (χ0) is 20.4. The van der Waals surface area contributed by atoms with Crippen molar-refractivity contribution in [2.45, 2.75) is 45.3 Å². The normalized spacial score (nSPS) is 16.8. The fourth-order valence-electron chi connectivity index (χ4n) is 4.69. The second-order valence-corrected chi connectivity index (χ2v) is 7.98. The maximum atomic E-state index is 14.6. The minimum absolute atomic E-state index is 0.118. The average Bonchev–Trinajstić information content (AvgIpc) is 3.07. The standard InChI is InChI=1S/C24H28FN3O/c1-3-28-17-19(20-8-4-7-11-23(20)28)16-27-14-12-24(13-15-27,26-18(2)29)21-9-5-6-10-22(21)25/h4-11,17H,3,12-16H2,1-2H3,(H,26,29). The lowest BCUT2D eigenvalue weighted by Crippen LogP contribution is -2.52. The number of nitrogens with one attached hydrogen (secondary N) is 1. The summed E-state index contributed by atoms with van der Waals surface area (Å²) < 4.78 is 16.8. The first kappa shape index (κ1) is 19.6. The Hall–Kier alpha value is -2.66. The molecule has 152 valence electrons. The molecule has 0 spiro atoms. The Morgan fingerprint density at radius 1 is 1.10 bits per heavy atom. The number of likely N-dealkylation sites (tertiary alicyclic amines) is 1. The molecule has 4 rings (SSSR count). The van der Waals surface area contributed by atoms with Crippen molar-refractivity contribution in [2.75, 3.05) is 13.1 Å². The van der Waals surface area contributed by atoms with Crippen molar-refractivity contribution in [2.24, 2.45) is 0 Å². The third-order valence-electron chi connectivity index (χ3n) is 6.12. The predicted molar refractivity (Wildman–Crippen MR) is 114 cm³/mol. The van der Waals surface area contributed by atoms with E-state index in [0.29, 0.717) is 18.4 Å². The fraction of sp³-hybridized carbons (Fsp3) is 0.375. The van der Waals surface area contributed by atoms with E-state index in [9.17, 15) is 9.18 Å². The van der Waals surface area contributed by atoms with E-state index < -0.39 is 5.54 Å². The highest BCUT2D eigenvalue weighted by molar-refractivity contribution is 5.84. The first-order valence-corrected chi connectivity index (χ1v) is 10.4. The largest absolute Gasteiger partial charge is 0.347 e. The molecule has 5 heteroatoms. The summed E-state index contributed by atoms with van der Waals surface area (Å²) >= 11 is 0. The van der Waals surface area contributed by atoms with Crippen molar-refractivity contribution in [1.82, 2.24) is 14.8 Å². The molecule has 0 saturated carbocycles. The molecule has 0 bridgehead atoms. The van der Waals surface area contributed by atoms with Gasteiger partial charge in [-0.05, 0) is 37.5 Å². The summed E-state index contributed by atoms with van der Waals surface area (Å²) in [6.07, 6.45) is 3.64. The van der Waals surface area contributed by atoms with Gasteiger partial charge in [0.2, 0.25) is 5.91 Å². The molecule has 0 atom stereocenters. The van der Waals surface area contributed by atoms with Crippen LogP contribution in [0, 0.1) is 5.82 Å². The van der Waals surface area contributed by atoms with Crippen LogP contribution in [0.5, 0.6) is 0 Å². The van der Waals surface area contributed by atoms with Gasteiger partial charge in [-0.1, -0.05) is 36.4 Å². The van der Waals surface area contributed by atoms with Gasteiger partial charge < -0.3 is 9.88 Å². The lowest BCUT2D eigenvalue weighted by atomic mass is 9.80. The second kappa shape index (κ2) is 7.99. The zero-order valence-electron chi connectivity index (χ0n) is 17.1. The van der Waals surface area contributed by atoms with Crippen molar-refractivity contribution in [3.63, 3.8) is 0 Å². The predicted octanol–water partition coefficient (Wildman–Crippen LogP) is 4.43. The molecule has 0 aliphatic carbocycles. The summed E-state index contributed by atoms with van der Waals surface area (Å²) in [7, 11) is 0. The Kier molecular flexibility index (Phi) is 5.41. The molecule has 1 saturated heterocycles. The number of rotatable bonds is 5. The smallest absolute Gasteiger partial charge is 0.217 e. The second-order valence-electron chi connectivity index (χ2n) is 7.98. The van der Waals surface area contributed by atoms with Gasteiger partial charge in [0.25, 0.3) is 0 Å². The van der Waals surface area contributed by atoms with Gasteiger partial charge in [0.05, 0.1) is 5.54 Å². The molecular formula is C24H28FN3O. The van der Waals surface area contributed by atoms with Gasteiger partial charge in [0, 0.05) is 55.8 Å². The van der Waals surface area contributed by atoms with Crippen molar-refractivity contribution in [3.8, 4) is 0 Å². The van der Waals surface area contributed by atoms with E-state index in [1.807, 2.05) is 6.07 Å². The van der Waals surface area contributed by atoms with E-state index >= 15 is 0 Å². The molecule has 1 aliphatic rings. The zero-order valence-corrected chi connectivity index (χ0v) is 17.1. The summed E-state index contributed by atoms with van der Waals surface area (Å²) in [6, 6.07) is 15.3. The highest BCUT2D eigenvalue weighted by Crippen LogP contribution is 2.35. The third kappa shape index (κ3) is 3.79. The highest BCUT2D eigenvalue weighted by Gasteiger charge is 2.38. The minimum atomic E-state index is -0.634. The maximum Gasteiger partial charge on any atom is 0.217 e. The quantitative estimate of drug-likeness (QED) is 0.696. The Bertz CT molecular complexity index is 1020. The number of amides is 1. The molecule has 2 aromatic carbocycles. The number of benzene rings is 2. The van der Waals surface area contributed by atoms with E-state index in [1.165, 1.54) is 29.5 Å². The number of hydrogen-bond acceptors (Lipinski definition) is 2. The first-order chi connectivity index (χ1) is 14.0. The number of halogens is 1. The summed E-state index contributed by atoms with van der Waals surface area (Å²) in [4.78, 5) is 14.3. The molecule has 1 fully saturated rings. The van der Waals surface area contributed by atoms with E-state index in [-0.39, 0.29) is 11.7 Å². The van der Waals surface area contributed by atoms with Crippen molar-refractivity contribution >= 4 is 16.8 Å². The lowest BCUT2D eigenvalue weighted by molar-refractivity contribution is -0.121. The molecule has 1 N–H and O–H groups in total. The number of piperidine rings is 1. The number of carbonyl (C=O) groups is 1. The Labute approximate surface area is 171 Å². The number of fused-ring (bicyclic) bond motifs is 1. The summed E-state index contributed by atoms with van der Waals surface area (Å²) in [6.45, 7) is 7.09. The molecule has 1 aliphatic heterocycles. The monoisotopic (exact) mass is 393 g/mol. The molecule has 0 unspecified atom stereocenters. The minimum Gasteiger partial charge on any atom is -0.347 e. The summed E-state index contributed by atoms with van der Waals surface area (Å²) in [5.41, 5.74) is 2.55. The van der Waals surface area contributed by atoms with Crippen LogP contribution in [-0.2, 0) is 23.4 Å². The third-order valence-corrected chi connectivity index (χ3v) is 6.12.